The number of hydrazine groups is 1. The Morgan fingerprint density at radius 3 is 2.24 bits per heavy atom. The van der Waals surface area contributed by atoms with Crippen LogP contribution in [0.3, 0.4) is 0 Å². The van der Waals surface area contributed by atoms with Gasteiger partial charge in [0.1, 0.15) is 6.04 Å². The third kappa shape index (κ3) is 5.00. The SMILES string of the molecule is O=C(CN1CCN(C(=O)C2CC(c3ccccc3)NN2)CC1)Nc1ccccc1. The number of para-hydroxylation sites is 1. The fourth-order valence-corrected chi connectivity index (χ4v) is 3.89. The maximum absolute atomic E-state index is 12.9. The molecule has 2 aromatic rings. The van der Waals surface area contributed by atoms with E-state index in [-0.39, 0.29) is 23.9 Å². The van der Waals surface area contributed by atoms with Crippen molar-refractivity contribution in [3.05, 3.63) is 66.2 Å². The molecule has 2 unspecified atom stereocenters. The van der Waals surface area contributed by atoms with Crippen LogP contribution in [0, 0.1) is 0 Å². The maximum atomic E-state index is 12.9. The highest BCUT2D eigenvalue weighted by atomic mass is 16.2. The van der Waals surface area contributed by atoms with Gasteiger partial charge < -0.3 is 10.2 Å². The van der Waals surface area contributed by atoms with E-state index in [1.165, 1.54) is 5.56 Å². The van der Waals surface area contributed by atoms with E-state index in [1.54, 1.807) is 0 Å². The summed E-state index contributed by atoms with van der Waals surface area (Å²) in [7, 11) is 0. The fourth-order valence-electron chi connectivity index (χ4n) is 3.89. The Labute approximate surface area is 171 Å². The molecule has 0 spiro atoms. The molecule has 2 fully saturated rings. The number of amides is 2. The molecule has 7 heteroatoms. The van der Waals surface area contributed by atoms with Crippen LogP contribution in [0.5, 0.6) is 0 Å². The van der Waals surface area contributed by atoms with Gasteiger partial charge in [0.25, 0.3) is 0 Å². The van der Waals surface area contributed by atoms with Gasteiger partial charge in [0.15, 0.2) is 0 Å². The lowest BCUT2D eigenvalue weighted by Crippen LogP contribution is -2.54. The molecule has 2 amide bonds. The number of benzene rings is 2. The number of hydrogen-bond donors (Lipinski definition) is 3. The first-order chi connectivity index (χ1) is 14.2. The minimum absolute atomic E-state index is 0.0247. The van der Waals surface area contributed by atoms with Crippen molar-refractivity contribution < 1.29 is 9.59 Å². The second-order valence-corrected chi connectivity index (χ2v) is 7.56. The lowest BCUT2D eigenvalue weighted by Gasteiger charge is -2.35. The van der Waals surface area contributed by atoms with E-state index >= 15 is 0 Å². The van der Waals surface area contributed by atoms with Crippen LogP contribution in [0.15, 0.2) is 60.7 Å². The molecule has 2 atom stereocenters. The second-order valence-electron chi connectivity index (χ2n) is 7.56. The van der Waals surface area contributed by atoms with Crippen molar-refractivity contribution in [2.75, 3.05) is 38.0 Å². The first-order valence-corrected chi connectivity index (χ1v) is 10.1. The predicted molar refractivity (Wildman–Crippen MR) is 112 cm³/mol. The molecule has 2 saturated heterocycles. The van der Waals surface area contributed by atoms with Crippen LogP contribution in [-0.2, 0) is 9.59 Å². The molecule has 7 nitrogen and oxygen atoms in total. The number of rotatable bonds is 5. The minimum Gasteiger partial charge on any atom is -0.339 e. The van der Waals surface area contributed by atoms with Gasteiger partial charge in [-0.1, -0.05) is 48.5 Å². The first-order valence-electron chi connectivity index (χ1n) is 10.1. The average molecular weight is 393 g/mol. The number of hydrogen-bond acceptors (Lipinski definition) is 5. The molecule has 0 aliphatic carbocycles. The van der Waals surface area contributed by atoms with Crippen molar-refractivity contribution in [1.29, 1.82) is 0 Å². The van der Waals surface area contributed by atoms with Crippen molar-refractivity contribution in [3.8, 4) is 0 Å². The summed E-state index contributed by atoms with van der Waals surface area (Å²) in [6.45, 7) is 3.04. The van der Waals surface area contributed by atoms with Gasteiger partial charge in [-0.2, -0.15) is 0 Å². The van der Waals surface area contributed by atoms with E-state index in [1.807, 2.05) is 53.4 Å². The number of anilines is 1. The summed E-state index contributed by atoms with van der Waals surface area (Å²) in [4.78, 5) is 29.1. The summed E-state index contributed by atoms with van der Waals surface area (Å²) < 4.78 is 0. The molecule has 29 heavy (non-hydrogen) atoms. The van der Waals surface area contributed by atoms with Crippen molar-refractivity contribution in [1.82, 2.24) is 20.7 Å². The molecule has 0 bridgehead atoms. The molecule has 2 aliphatic rings. The first kappa shape index (κ1) is 19.6. The Bertz CT molecular complexity index is 822. The molecule has 3 N–H and O–H groups in total. The van der Waals surface area contributed by atoms with Crippen LogP contribution >= 0.6 is 0 Å². The Hall–Kier alpha value is -2.74. The topological polar surface area (TPSA) is 76.7 Å². The molecule has 2 aliphatic heterocycles. The number of nitrogens with one attached hydrogen (secondary N) is 3. The standard InChI is InChI=1S/C22H27N5O2/c28-21(23-18-9-5-2-6-10-18)16-26-11-13-27(14-12-26)22(29)20-15-19(24-25-20)17-7-3-1-4-8-17/h1-10,19-20,24-25H,11-16H2,(H,23,28). The van der Waals surface area contributed by atoms with Crippen LogP contribution in [0.2, 0.25) is 0 Å². The molecule has 4 rings (SSSR count). The summed E-state index contributed by atoms with van der Waals surface area (Å²) in [6, 6.07) is 19.6. The predicted octanol–water partition coefficient (Wildman–Crippen LogP) is 1.38. The largest absolute Gasteiger partial charge is 0.339 e. The molecule has 2 heterocycles. The van der Waals surface area contributed by atoms with Gasteiger partial charge in [0, 0.05) is 37.9 Å². The Morgan fingerprint density at radius 1 is 0.897 bits per heavy atom. The molecule has 2 aromatic carbocycles. The molecule has 0 saturated carbocycles. The summed E-state index contributed by atoms with van der Waals surface area (Å²) in [6.07, 6.45) is 0.739. The Morgan fingerprint density at radius 2 is 1.55 bits per heavy atom. The van der Waals surface area contributed by atoms with Gasteiger partial charge in [0.2, 0.25) is 11.8 Å². The van der Waals surface area contributed by atoms with Crippen LogP contribution in [-0.4, -0.2) is 60.4 Å². The van der Waals surface area contributed by atoms with Gasteiger partial charge in [-0.25, -0.2) is 10.9 Å². The van der Waals surface area contributed by atoms with Gasteiger partial charge in [-0.05, 0) is 24.1 Å². The Kier molecular flexibility index (Phi) is 6.19. The van der Waals surface area contributed by atoms with Gasteiger partial charge >= 0.3 is 0 Å². The number of carbonyl (C=O) groups is 2. The van der Waals surface area contributed by atoms with Crippen LogP contribution in [0.1, 0.15) is 18.0 Å². The summed E-state index contributed by atoms with van der Waals surface area (Å²) in [5, 5.41) is 2.91. The normalized spacial score (nSPS) is 22.4. The van der Waals surface area contributed by atoms with Crippen molar-refractivity contribution >= 4 is 17.5 Å². The monoisotopic (exact) mass is 393 g/mol. The van der Waals surface area contributed by atoms with Crippen LogP contribution in [0.25, 0.3) is 0 Å². The van der Waals surface area contributed by atoms with Crippen LogP contribution in [0.4, 0.5) is 5.69 Å². The molecular weight excluding hydrogens is 366 g/mol. The summed E-state index contributed by atoms with van der Waals surface area (Å²) >= 11 is 0. The van der Waals surface area contributed by atoms with E-state index in [9.17, 15) is 9.59 Å². The Balaban J connectivity index is 1.22. The van der Waals surface area contributed by atoms with E-state index in [0.717, 1.165) is 12.1 Å². The number of carbonyl (C=O) groups excluding carboxylic acids is 2. The summed E-state index contributed by atoms with van der Waals surface area (Å²) in [5.74, 6) is 0.104. The van der Waals surface area contributed by atoms with Crippen molar-refractivity contribution in [3.63, 3.8) is 0 Å². The molecular formula is C22H27N5O2. The average Bonchev–Trinajstić information content (AvgIpc) is 3.25. The number of piperazine rings is 1. The highest BCUT2D eigenvalue weighted by Crippen LogP contribution is 2.23. The molecule has 152 valence electrons. The van der Waals surface area contributed by atoms with E-state index < -0.39 is 0 Å². The zero-order valence-corrected chi connectivity index (χ0v) is 16.4. The van der Waals surface area contributed by atoms with Crippen molar-refractivity contribution in [2.24, 2.45) is 0 Å². The summed E-state index contributed by atoms with van der Waals surface area (Å²) in [5.41, 5.74) is 8.38. The highest BCUT2D eigenvalue weighted by molar-refractivity contribution is 5.92. The molecule has 0 aromatic heterocycles. The van der Waals surface area contributed by atoms with E-state index in [0.29, 0.717) is 32.7 Å². The molecule has 0 radical (unpaired) electrons. The van der Waals surface area contributed by atoms with Crippen molar-refractivity contribution in [2.45, 2.75) is 18.5 Å². The second kappa shape index (κ2) is 9.17. The lowest BCUT2D eigenvalue weighted by molar-refractivity contribution is -0.135. The van der Waals surface area contributed by atoms with E-state index in [2.05, 4.69) is 33.2 Å². The zero-order valence-electron chi connectivity index (χ0n) is 16.4. The number of nitrogens with zero attached hydrogens (tertiary/aromatic N) is 2. The van der Waals surface area contributed by atoms with Gasteiger partial charge in [-0.15, -0.1) is 0 Å². The third-order valence-electron chi connectivity index (χ3n) is 5.51. The maximum Gasteiger partial charge on any atom is 0.241 e. The quantitative estimate of drug-likeness (QED) is 0.716. The smallest absolute Gasteiger partial charge is 0.241 e. The minimum atomic E-state index is -0.215. The van der Waals surface area contributed by atoms with E-state index in [4.69, 9.17) is 0 Å². The lowest BCUT2D eigenvalue weighted by atomic mass is 10.0. The zero-order chi connectivity index (χ0) is 20.1. The fraction of sp³-hybridized carbons (Fsp3) is 0.364. The highest BCUT2D eigenvalue weighted by Gasteiger charge is 2.34. The third-order valence-corrected chi connectivity index (χ3v) is 5.51. The van der Waals surface area contributed by atoms with Crippen LogP contribution < -0.4 is 16.2 Å². The van der Waals surface area contributed by atoms with Gasteiger partial charge in [0.05, 0.1) is 6.54 Å². The van der Waals surface area contributed by atoms with Gasteiger partial charge in [-0.3, -0.25) is 14.5 Å².